The topological polar surface area (TPSA) is 57.6 Å². The van der Waals surface area contributed by atoms with Gasteiger partial charge in [-0.3, -0.25) is 9.59 Å². The predicted molar refractivity (Wildman–Crippen MR) is 84.2 cm³/mol. The number of piperidine rings is 1. The molecule has 1 aromatic rings. The third kappa shape index (κ3) is 2.95. The van der Waals surface area contributed by atoms with Crippen molar-refractivity contribution >= 4 is 35.1 Å². The highest BCUT2D eigenvalue weighted by Gasteiger charge is 2.47. The molecule has 2 fully saturated rings. The molecule has 0 aromatic heterocycles. The fraction of sp³-hybridized carbons (Fsp3) is 0.500. The Balaban J connectivity index is 1.62. The second-order valence-electron chi connectivity index (χ2n) is 6.03. The SMILES string of the molecule is O=C(O)C1CCN(C(=O)[C@@H]2C[C@H]2c2cccc(Cl)c2Cl)CC1. The number of halogens is 2. The van der Waals surface area contributed by atoms with Gasteiger partial charge < -0.3 is 10.0 Å². The van der Waals surface area contributed by atoms with Crippen LogP contribution >= 0.6 is 23.2 Å². The summed E-state index contributed by atoms with van der Waals surface area (Å²) in [7, 11) is 0. The lowest BCUT2D eigenvalue weighted by Gasteiger charge is -2.30. The highest BCUT2D eigenvalue weighted by Crippen LogP contribution is 2.51. The van der Waals surface area contributed by atoms with Gasteiger partial charge in [0.2, 0.25) is 5.91 Å². The number of hydrogen-bond donors (Lipinski definition) is 1. The summed E-state index contributed by atoms with van der Waals surface area (Å²) in [4.78, 5) is 25.3. The van der Waals surface area contributed by atoms with Crippen LogP contribution in [0.25, 0.3) is 0 Å². The van der Waals surface area contributed by atoms with Crippen molar-refractivity contribution in [2.45, 2.75) is 25.2 Å². The van der Waals surface area contributed by atoms with Gasteiger partial charge in [-0.05, 0) is 36.8 Å². The van der Waals surface area contributed by atoms with Crippen LogP contribution in [0, 0.1) is 11.8 Å². The van der Waals surface area contributed by atoms with E-state index in [4.69, 9.17) is 28.3 Å². The maximum atomic E-state index is 12.5. The van der Waals surface area contributed by atoms with Crippen LogP contribution in [0.5, 0.6) is 0 Å². The van der Waals surface area contributed by atoms with E-state index in [9.17, 15) is 9.59 Å². The molecule has 0 radical (unpaired) electrons. The highest BCUT2D eigenvalue weighted by atomic mass is 35.5. The number of carbonyl (C=O) groups excluding carboxylic acids is 1. The lowest BCUT2D eigenvalue weighted by atomic mass is 9.96. The molecule has 0 spiro atoms. The van der Waals surface area contributed by atoms with Crippen molar-refractivity contribution in [1.29, 1.82) is 0 Å². The first-order valence-corrected chi connectivity index (χ1v) is 8.20. The number of carbonyl (C=O) groups is 2. The highest BCUT2D eigenvalue weighted by molar-refractivity contribution is 6.42. The van der Waals surface area contributed by atoms with E-state index in [2.05, 4.69) is 0 Å². The molecule has 1 saturated carbocycles. The monoisotopic (exact) mass is 341 g/mol. The Hall–Kier alpha value is -1.26. The van der Waals surface area contributed by atoms with Crippen LogP contribution in [0.3, 0.4) is 0 Å². The number of likely N-dealkylation sites (tertiary alicyclic amines) is 1. The lowest BCUT2D eigenvalue weighted by molar-refractivity contribution is -0.146. The normalized spacial score (nSPS) is 25.1. The molecule has 6 heteroatoms. The summed E-state index contributed by atoms with van der Waals surface area (Å²) < 4.78 is 0. The van der Waals surface area contributed by atoms with Gasteiger partial charge in [-0.15, -0.1) is 0 Å². The number of rotatable bonds is 3. The van der Waals surface area contributed by atoms with Crippen LogP contribution in [0.15, 0.2) is 18.2 Å². The summed E-state index contributed by atoms with van der Waals surface area (Å²) in [5.74, 6) is -0.873. The Morgan fingerprint density at radius 3 is 2.50 bits per heavy atom. The average molecular weight is 342 g/mol. The number of nitrogens with zero attached hydrogens (tertiary/aromatic N) is 1. The molecule has 1 saturated heterocycles. The molecular weight excluding hydrogens is 325 g/mol. The van der Waals surface area contributed by atoms with Gasteiger partial charge >= 0.3 is 5.97 Å². The van der Waals surface area contributed by atoms with Crippen molar-refractivity contribution in [1.82, 2.24) is 4.90 Å². The molecule has 4 nitrogen and oxygen atoms in total. The molecule has 1 aliphatic heterocycles. The van der Waals surface area contributed by atoms with E-state index in [-0.39, 0.29) is 23.7 Å². The molecule has 118 valence electrons. The maximum Gasteiger partial charge on any atom is 0.306 e. The maximum absolute atomic E-state index is 12.5. The van der Waals surface area contributed by atoms with Gasteiger partial charge in [0.15, 0.2) is 0 Å². The van der Waals surface area contributed by atoms with Crippen LogP contribution in [0.2, 0.25) is 10.0 Å². The minimum atomic E-state index is -0.762. The first kappa shape index (κ1) is 15.6. The van der Waals surface area contributed by atoms with Gasteiger partial charge in [0.05, 0.1) is 16.0 Å². The number of amides is 1. The summed E-state index contributed by atoms with van der Waals surface area (Å²) in [5.41, 5.74) is 0.938. The van der Waals surface area contributed by atoms with Crippen LogP contribution in [-0.2, 0) is 9.59 Å². The third-order valence-corrected chi connectivity index (χ3v) is 5.48. The van der Waals surface area contributed by atoms with Gasteiger partial charge in [-0.1, -0.05) is 35.3 Å². The Kier molecular flexibility index (Phi) is 4.33. The van der Waals surface area contributed by atoms with Crippen LogP contribution in [0.4, 0.5) is 0 Å². The van der Waals surface area contributed by atoms with E-state index in [1.54, 1.807) is 11.0 Å². The molecule has 3 rings (SSSR count). The van der Waals surface area contributed by atoms with Crippen LogP contribution in [0.1, 0.15) is 30.7 Å². The molecule has 22 heavy (non-hydrogen) atoms. The van der Waals surface area contributed by atoms with E-state index in [0.29, 0.717) is 36.0 Å². The third-order valence-electron chi connectivity index (χ3n) is 4.64. The number of benzene rings is 1. The number of carboxylic acid groups (broad SMARTS) is 1. The summed E-state index contributed by atoms with van der Waals surface area (Å²) >= 11 is 12.2. The zero-order valence-corrected chi connectivity index (χ0v) is 13.5. The quantitative estimate of drug-likeness (QED) is 0.916. The Labute approximate surface area is 139 Å². The Bertz CT molecular complexity index is 611. The van der Waals surface area contributed by atoms with Gasteiger partial charge in [0.1, 0.15) is 0 Å². The summed E-state index contributed by atoms with van der Waals surface area (Å²) in [6.45, 7) is 1.06. The molecular formula is C16H17Cl2NO3. The fourth-order valence-electron chi connectivity index (χ4n) is 3.20. The first-order valence-electron chi connectivity index (χ1n) is 7.44. The Morgan fingerprint density at radius 1 is 1.18 bits per heavy atom. The van der Waals surface area contributed by atoms with Crippen molar-refractivity contribution in [2.75, 3.05) is 13.1 Å². The summed E-state index contributed by atoms with van der Waals surface area (Å²) in [6, 6.07) is 5.51. The van der Waals surface area contributed by atoms with Gasteiger partial charge in [-0.2, -0.15) is 0 Å². The molecule has 1 heterocycles. The van der Waals surface area contributed by atoms with E-state index < -0.39 is 5.97 Å². The van der Waals surface area contributed by atoms with Crippen LogP contribution < -0.4 is 0 Å². The summed E-state index contributed by atoms with van der Waals surface area (Å²) in [5, 5.41) is 10.1. The van der Waals surface area contributed by atoms with Crippen LogP contribution in [-0.4, -0.2) is 35.0 Å². The largest absolute Gasteiger partial charge is 0.481 e. The number of hydrogen-bond acceptors (Lipinski definition) is 2. The van der Waals surface area contributed by atoms with Gasteiger partial charge in [0.25, 0.3) is 0 Å². The van der Waals surface area contributed by atoms with Crippen molar-refractivity contribution in [3.05, 3.63) is 33.8 Å². The lowest BCUT2D eigenvalue weighted by Crippen LogP contribution is -2.41. The van der Waals surface area contributed by atoms with Crippen molar-refractivity contribution in [3.8, 4) is 0 Å². The molecule has 1 N–H and O–H groups in total. The van der Waals surface area contributed by atoms with E-state index in [0.717, 1.165) is 12.0 Å². The Morgan fingerprint density at radius 2 is 1.86 bits per heavy atom. The second-order valence-corrected chi connectivity index (χ2v) is 6.81. The zero-order chi connectivity index (χ0) is 15.9. The molecule has 1 aromatic carbocycles. The minimum Gasteiger partial charge on any atom is -0.481 e. The number of carboxylic acids is 1. The van der Waals surface area contributed by atoms with E-state index in [1.165, 1.54) is 0 Å². The molecule has 1 aliphatic carbocycles. The van der Waals surface area contributed by atoms with Gasteiger partial charge in [-0.25, -0.2) is 0 Å². The average Bonchev–Trinajstić information content (AvgIpc) is 3.30. The van der Waals surface area contributed by atoms with Crippen molar-refractivity contribution < 1.29 is 14.7 Å². The fourth-order valence-corrected chi connectivity index (χ4v) is 3.65. The van der Waals surface area contributed by atoms with E-state index in [1.807, 2.05) is 12.1 Å². The molecule has 2 aliphatic rings. The first-order chi connectivity index (χ1) is 10.5. The van der Waals surface area contributed by atoms with Crippen molar-refractivity contribution in [2.24, 2.45) is 11.8 Å². The minimum absolute atomic E-state index is 0.0441. The number of aliphatic carboxylic acids is 1. The standard InChI is InChI=1S/C16H17Cl2NO3/c17-13-3-1-2-10(14(13)18)11-8-12(11)15(20)19-6-4-9(5-7-19)16(21)22/h1-3,9,11-12H,4-8H2,(H,21,22)/t11-,12+/m0/s1. The van der Waals surface area contributed by atoms with E-state index >= 15 is 0 Å². The molecule has 1 amide bonds. The smallest absolute Gasteiger partial charge is 0.306 e. The van der Waals surface area contributed by atoms with Gasteiger partial charge in [0, 0.05) is 19.0 Å². The zero-order valence-electron chi connectivity index (χ0n) is 12.0. The molecule has 2 atom stereocenters. The molecule has 0 bridgehead atoms. The predicted octanol–water partition coefficient (Wildman–Crippen LogP) is 3.42. The second kappa shape index (κ2) is 6.09. The van der Waals surface area contributed by atoms with Crippen molar-refractivity contribution in [3.63, 3.8) is 0 Å². The molecule has 0 unspecified atom stereocenters. The summed E-state index contributed by atoms with van der Waals surface area (Å²) in [6.07, 6.45) is 1.87.